The number of carbonyl (C=O) groups is 1. The van der Waals surface area contributed by atoms with Crippen molar-refractivity contribution >= 4 is 11.7 Å². The van der Waals surface area contributed by atoms with Crippen molar-refractivity contribution in [2.45, 2.75) is 38.3 Å². The van der Waals surface area contributed by atoms with E-state index in [1.807, 2.05) is 0 Å². The summed E-state index contributed by atoms with van der Waals surface area (Å²) in [5.41, 5.74) is 4.04. The molecule has 0 aliphatic heterocycles. The summed E-state index contributed by atoms with van der Waals surface area (Å²) in [4.78, 5) is 27.2. The Hall–Kier alpha value is -1.85. The minimum absolute atomic E-state index is 0.170. The molecule has 1 amide bonds. The van der Waals surface area contributed by atoms with Crippen molar-refractivity contribution in [2.24, 2.45) is 5.73 Å². The van der Waals surface area contributed by atoms with E-state index < -0.39 is 11.4 Å². The predicted molar refractivity (Wildman–Crippen MR) is 63.7 cm³/mol. The van der Waals surface area contributed by atoms with Crippen LogP contribution in [-0.2, 0) is 4.79 Å². The van der Waals surface area contributed by atoms with Crippen molar-refractivity contribution in [2.75, 3.05) is 5.32 Å². The zero-order valence-electron chi connectivity index (χ0n) is 9.93. The van der Waals surface area contributed by atoms with E-state index in [2.05, 4.69) is 10.3 Å². The number of hydrogen-bond donors (Lipinski definition) is 2. The molecule has 0 unspecified atom stereocenters. The lowest BCUT2D eigenvalue weighted by Crippen LogP contribution is -2.46. The Morgan fingerprint density at radius 2 is 2.24 bits per heavy atom. The SMILES string of the molecule is CC(C)(Nc1nccn(C2CC2)c1=O)C(N)=O. The summed E-state index contributed by atoms with van der Waals surface area (Å²) >= 11 is 0. The van der Waals surface area contributed by atoms with Crippen LogP contribution < -0.4 is 16.6 Å². The van der Waals surface area contributed by atoms with Gasteiger partial charge in [0, 0.05) is 18.4 Å². The summed E-state index contributed by atoms with van der Waals surface area (Å²) < 4.78 is 1.65. The molecule has 1 heterocycles. The van der Waals surface area contributed by atoms with Gasteiger partial charge in [-0.2, -0.15) is 0 Å². The van der Waals surface area contributed by atoms with Crippen LogP contribution in [0.25, 0.3) is 0 Å². The van der Waals surface area contributed by atoms with E-state index in [0.29, 0.717) is 0 Å². The molecule has 1 aliphatic carbocycles. The maximum absolute atomic E-state index is 12.0. The molecule has 0 atom stereocenters. The van der Waals surface area contributed by atoms with Crippen molar-refractivity contribution in [3.05, 3.63) is 22.7 Å². The van der Waals surface area contributed by atoms with Crippen LogP contribution in [-0.4, -0.2) is 21.0 Å². The highest BCUT2D eigenvalue weighted by Gasteiger charge is 2.29. The molecule has 0 aromatic carbocycles. The number of carbonyl (C=O) groups excluding carboxylic acids is 1. The monoisotopic (exact) mass is 236 g/mol. The second-order valence-corrected chi connectivity index (χ2v) is 4.83. The van der Waals surface area contributed by atoms with E-state index in [9.17, 15) is 9.59 Å². The molecule has 3 N–H and O–H groups in total. The topological polar surface area (TPSA) is 90.0 Å². The van der Waals surface area contributed by atoms with Crippen molar-refractivity contribution in [3.8, 4) is 0 Å². The Kier molecular flexibility index (Phi) is 2.65. The Bertz CT molecular complexity index is 502. The zero-order chi connectivity index (χ0) is 12.6. The lowest BCUT2D eigenvalue weighted by atomic mass is 10.1. The number of amides is 1. The average Bonchev–Trinajstić information content (AvgIpc) is 3.04. The summed E-state index contributed by atoms with van der Waals surface area (Å²) in [7, 11) is 0. The third kappa shape index (κ3) is 2.30. The maximum atomic E-state index is 12.0. The molecule has 2 rings (SSSR count). The van der Waals surface area contributed by atoms with Crippen molar-refractivity contribution in [3.63, 3.8) is 0 Å². The van der Waals surface area contributed by atoms with E-state index in [-0.39, 0.29) is 17.4 Å². The van der Waals surface area contributed by atoms with Crippen LogP contribution in [0, 0.1) is 0 Å². The second-order valence-electron chi connectivity index (χ2n) is 4.83. The zero-order valence-corrected chi connectivity index (χ0v) is 9.93. The number of hydrogen-bond acceptors (Lipinski definition) is 4. The van der Waals surface area contributed by atoms with E-state index >= 15 is 0 Å². The molecule has 0 spiro atoms. The fourth-order valence-corrected chi connectivity index (χ4v) is 1.51. The highest BCUT2D eigenvalue weighted by atomic mass is 16.2. The van der Waals surface area contributed by atoms with Crippen molar-refractivity contribution < 1.29 is 4.79 Å². The van der Waals surface area contributed by atoms with Gasteiger partial charge in [-0.1, -0.05) is 0 Å². The number of nitrogens with one attached hydrogen (secondary N) is 1. The first-order chi connectivity index (χ1) is 7.92. The summed E-state index contributed by atoms with van der Waals surface area (Å²) in [5.74, 6) is -0.358. The first-order valence-corrected chi connectivity index (χ1v) is 5.57. The van der Waals surface area contributed by atoms with Crippen LogP contribution in [0.5, 0.6) is 0 Å². The quantitative estimate of drug-likeness (QED) is 0.784. The number of rotatable bonds is 4. The van der Waals surface area contributed by atoms with Crippen LogP contribution in [0.1, 0.15) is 32.7 Å². The fourth-order valence-electron chi connectivity index (χ4n) is 1.51. The largest absolute Gasteiger partial charge is 0.368 e. The smallest absolute Gasteiger partial charge is 0.293 e. The van der Waals surface area contributed by atoms with Crippen LogP contribution in [0.3, 0.4) is 0 Å². The molecule has 1 aliphatic rings. The molecular formula is C11H16N4O2. The van der Waals surface area contributed by atoms with Gasteiger partial charge in [0.1, 0.15) is 5.54 Å². The van der Waals surface area contributed by atoms with E-state index in [1.54, 1.807) is 30.8 Å². The molecular weight excluding hydrogens is 220 g/mol. The van der Waals surface area contributed by atoms with Crippen LogP contribution >= 0.6 is 0 Å². The highest BCUT2D eigenvalue weighted by Crippen LogP contribution is 2.33. The Labute approximate surface area is 98.8 Å². The van der Waals surface area contributed by atoms with Gasteiger partial charge in [-0.15, -0.1) is 0 Å². The molecule has 1 aromatic heterocycles. The number of nitrogens with two attached hydrogens (primary N) is 1. The predicted octanol–water partition coefficient (Wildman–Crippen LogP) is 0.254. The van der Waals surface area contributed by atoms with E-state index in [4.69, 9.17) is 5.73 Å². The summed E-state index contributed by atoms with van der Waals surface area (Å²) in [6.07, 6.45) is 5.26. The van der Waals surface area contributed by atoms with Gasteiger partial charge < -0.3 is 15.6 Å². The maximum Gasteiger partial charge on any atom is 0.293 e. The minimum Gasteiger partial charge on any atom is -0.368 e. The Balaban J connectivity index is 2.30. The molecule has 6 heteroatoms. The van der Waals surface area contributed by atoms with Gasteiger partial charge in [-0.3, -0.25) is 9.59 Å². The Morgan fingerprint density at radius 3 is 2.76 bits per heavy atom. The van der Waals surface area contributed by atoms with E-state index in [1.165, 1.54) is 0 Å². The first-order valence-electron chi connectivity index (χ1n) is 5.57. The summed E-state index contributed by atoms with van der Waals surface area (Å²) in [6, 6.07) is 0.280. The number of nitrogens with zero attached hydrogens (tertiary/aromatic N) is 2. The molecule has 1 aromatic rings. The van der Waals surface area contributed by atoms with Gasteiger partial charge in [0.25, 0.3) is 5.56 Å². The average molecular weight is 236 g/mol. The standard InChI is InChI=1S/C11H16N4O2/c1-11(2,10(12)17)14-8-9(16)15(6-5-13-8)7-3-4-7/h5-7H,3-4H2,1-2H3,(H2,12,17)(H,13,14). The molecule has 0 radical (unpaired) electrons. The number of aromatic nitrogens is 2. The Morgan fingerprint density at radius 1 is 1.59 bits per heavy atom. The summed E-state index contributed by atoms with van der Waals surface area (Å²) in [5, 5.41) is 2.79. The molecule has 0 saturated heterocycles. The van der Waals surface area contributed by atoms with Gasteiger partial charge >= 0.3 is 0 Å². The molecule has 1 fully saturated rings. The highest BCUT2D eigenvalue weighted by molar-refractivity contribution is 5.86. The molecule has 1 saturated carbocycles. The fraction of sp³-hybridized carbons (Fsp3) is 0.545. The van der Waals surface area contributed by atoms with Gasteiger partial charge in [0.15, 0.2) is 5.82 Å². The van der Waals surface area contributed by atoms with Crippen LogP contribution in [0.4, 0.5) is 5.82 Å². The third-order valence-electron chi connectivity index (χ3n) is 2.86. The third-order valence-corrected chi connectivity index (χ3v) is 2.86. The summed E-state index contributed by atoms with van der Waals surface area (Å²) in [6.45, 7) is 3.23. The normalized spacial score (nSPS) is 15.6. The molecule has 0 bridgehead atoms. The van der Waals surface area contributed by atoms with Gasteiger partial charge in [0.2, 0.25) is 5.91 Å². The van der Waals surface area contributed by atoms with Crippen molar-refractivity contribution in [1.29, 1.82) is 0 Å². The lowest BCUT2D eigenvalue weighted by Gasteiger charge is -2.22. The molecule has 17 heavy (non-hydrogen) atoms. The van der Waals surface area contributed by atoms with E-state index in [0.717, 1.165) is 12.8 Å². The first kappa shape index (κ1) is 11.6. The van der Waals surface area contributed by atoms with Crippen LogP contribution in [0.2, 0.25) is 0 Å². The lowest BCUT2D eigenvalue weighted by molar-refractivity contribution is -0.121. The van der Waals surface area contributed by atoms with Gasteiger partial charge in [-0.05, 0) is 26.7 Å². The number of primary amides is 1. The number of anilines is 1. The van der Waals surface area contributed by atoms with Crippen molar-refractivity contribution in [1.82, 2.24) is 9.55 Å². The molecule has 6 nitrogen and oxygen atoms in total. The van der Waals surface area contributed by atoms with Gasteiger partial charge in [-0.25, -0.2) is 4.98 Å². The van der Waals surface area contributed by atoms with Crippen LogP contribution in [0.15, 0.2) is 17.2 Å². The van der Waals surface area contributed by atoms with Gasteiger partial charge in [0.05, 0.1) is 0 Å². The molecule has 92 valence electrons. The second kappa shape index (κ2) is 3.87. The minimum atomic E-state index is -0.991.